The van der Waals surface area contributed by atoms with E-state index in [1.165, 1.54) is 19.3 Å². The van der Waals surface area contributed by atoms with Crippen molar-refractivity contribution in [2.24, 2.45) is 22.7 Å². The summed E-state index contributed by atoms with van der Waals surface area (Å²) in [6.07, 6.45) is 4.21. The molecular weight excluding hydrogens is 134 g/mol. The van der Waals surface area contributed by atoms with Crippen LogP contribution in [0.1, 0.15) is 33.1 Å². The molecule has 1 aliphatic heterocycles. The van der Waals surface area contributed by atoms with Gasteiger partial charge in [-0.25, -0.2) is 0 Å². The number of aliphatic imine (C=N–C) groups is 1. The van der Waals surface area contributed by atoms with Crippen molar-refractivity contribution in [3.8, 4) is 0 Å². The Kier molecular flexibility index (Phi) is 1.74. The van der Waals surface area contributed by atoms with Crippen LogP contribution in [0.25, 0.3) is 0 Å². The summed E-state index contributed by atoms with van der Waals surface area (Å²) in [6.45, 7) is 5.78. The lowest BCUT2D eigenvalue weighted by Gasteiger charge is -2.27. The largest absolute Gasteiger partial charge is 0.293 e. The zero-order valence-corrected chi connectivity index (χ0v) is 7.51. The molecule has 1 fully saturated rings. The first-order chi connectivity index (χ1) is 5.29. The molecule has 1 saturated carbocycles. The van der Waals surface area contributed by atoms with Crippen molar-refractivity contribution < 1.29 is 0 Å². The lowest BCUT2D eigenvalue weighted by atomic mass is 9.77. The number of fused-ring (bicyclic) bond motifs is 1. The summed E-state index contributed by atoms with van der Waals surface area (Å²) in [5.41, 5.74) is 1.55. The van der Waals surface area contributed by atoms with E-state index in [-0.39, 0.29) is 0 Å². The lowest BCUT2D eigenvalue weighted by molar-refractivity contribution is 0.400. The van der Waals surface area contributed by atoms with E-state index in [4.69, 9.17) is 0 Å². The first-order valence-electron chi connectivity index (χ1n) is 4.83. The second-order valence-electron chi connectivity index (χ2n) is 4.18. The molecule has 0 aromatic rings. The number of nitrogens with zero attached hydrogens (tertiary/aromatic N) is 1. The Bertz CT molecular complexity index is 183. The summed E-state index contributed by atoms with van der Waals surface area (Å²) in [5, 5.41) is 0. The minimum Gasteiger partial charge on any atom is -0.293 e. The predicted octanol–water partition coefficient (Wildman–Crippen LogP) is 2.51. The van der Waals surface area contributed by atoms with Crippen LogP contribution in [0.15, 0.2) is 4.99 Å². The molecule has 1 heterocycles. The molecule has 0 amide bonds. The van der Waals surface area contributed by atoms with Crippen molar-refractivity contribution in [2.45, 2.75) is 33.1 Å². The molecule has 0 bridgehead atoms. The molecule has 2 aliphatic rings. The highest BCUT2D eigenvalue weighted by atomic mass is 14.8. The molecule has 11 heavy (non-hydrogen) atoms. The Morgan fingerprint density at radius 1 is 1.27 bits per heavy atom. The molecule has 1 heteroatoms. The fraction of sp³-hybridized carbons (Fsp3) is 0.900. The fourth-order valence-corrected chi connectivity index (χ4v) is 2.53. The summed E-state index contributed by atoms with van der Waals surface area (Å²) in [4.78, 5) is 4.64. The van der Waals surface area contributed by atoms with Gasteiger partial charge in [0.25, 0.3) is 0 Å². The summed E-state index contributed by atoms with van der Waals surface area (Å²) < 4.78 is 0. The van der Waals surface area contributed by atoms with Gasteiger partial charge in [0.2, 0.25) is 0 Å². The molecule has 62 valence electrons. The van der Waals surface area contributed by atoms with Gasteiger partial charge < -0.3 is 0 Å². The average molecular weight is 151 g/mol. The maximum atomic E-state index is 4.64. The van der Waals surface area contributed by atoms with E-state index in [1.54, 1.807) is 5.71 Å². The molecule has 0 aromatic carbocycles. The van der Waals surface area contributed by atoms with Gasteiger partial charge in [0.1, 0.15) is 0 Å². The van der Waals surface area contributed by atoms with Gasteiger partial charge in [-0.2, -0.15) is 0 Å². The summed E-state index contributed by atoms with van der Waals surface area (Å²) in [5.74, 6) is 2.49. The van der Waals surface area contributed by atoms with Crippen molar-refractivity contribution in [1.29, 1.82) is 0 Å². The van der Waals surface area contributed by atoms with Crippen molar-refractivity contribution in [1.82, 2.24) is 0 Å². The first kappa shape index (κ1) is 7.33. The van der Waals surface area contributed by atoms with E-state index in [1.807, 2.05) is 0 Å². The molecule has 0 spiro atoms. The summed E-state index contributed by atoms with van der Waals surface area (Å²) in [6, 6.07) is 0. The van der Waals surface area contributed by atoms with Gasteiger partial charge in [-0.3, -0.25) is 4.99 Å². The topological polar surface area (TPSA) is 12.4 Å². The number of hydrogen-bond acceptors (Lipinski definition) is 1. The Hall–Kier alpha value is -0.330. The van der Waals surface area contributed by atoms with Gasteiger partial charge in [0.05, 0.1) is 0 Å². The van der Waals surface area contributed by atoms with Crippen molar-refractivity contribution in [2.75, 3.05) is 6.54 Å². The standard InChI is InChI=1S/C10H17N/c1-7-4-3-5-9-8(2)6-11-10(7)9/h7-9H,3-6H2,1-2H3. The van der Waals surface area contributed by atoms with Crippen LogP contribution in [-0.2, 0) is 0 Å². The van der Waals surface area contributed by atoms with Crippen molar-refractivity contribution >= 4 is 5.71 Å². The second-order valence-corrected chi connectivity index (χ2v) is 4.18. The van der Waals surface area contributed by atoms with Crippen LogP contribution in [0.4, 0.5) is 0 Å². The molecule has 0 aromatic heterocycles. The van der Waals surface area contributed by atoms with Crippen LogP contribution < -0.4 is 0 Å². The fourth-order valence-electron chi connectivity index (χ4n) is 2.53. The Labute approximate surface area is 68.9 Å². The zero-order valence-electron chi connectivity index (χ0n) is 7.51. The maximum Gasteiger partial charge on any atom is 0.0420 e. The van der Waals surface area contributed by atoms with E-state index < -0.39 is 0 Å². The third-order valence-electron chi connectivity index (χ3n) is 3.29. The highest BCUT2D eigenvalue weighted by Gasteiger charge is 2.33. The molecule has 1 nitrogen and oxygen atoms in total. The molecule has 1 aliphatic carbocycles. The van der Waals surface area contributed by atoms with Crippen molar-refractivity contribution in [3.05, 3.63) is 0 Å². The van der Waals surface area contributed by atoms with Crippen LogP contribution in [-0.4, -0.2) is 12.3 Å². The van der Waals surface area contributed by atoms with Crippen molar-refractivity contribution in [3.63, 3.8) is 0 Å². The first-order valence-corrected chi connectivity index (χ1v) is 4.83. The van der Waals surface area contributed by atoms with E-state index in [0.29, 0.717) is 0 Å². The van der Waals surface area contributed by atoms with E-state index in [9.17, 15) is 0 Å². The van der Waals surface area contributed by atoms with E-state index in [0.717, 1.165) is 24.3 Å². The van der Waals surface area contributed by atoms with Gasteiger partial charge >= 0.3 is 0 Å². The van der Waals surface area contributed by atoms with Crippen LogP contribution >= 0.6 is 0 Å². The monoisotopic (exact) mass is 151 g/mol. The maximum absolute atomic E-state index is 4.64. The third kappa shape index (κ3) is 1.11. The van der Waals surface area contributed by atoms with Gasteiger partial charge in [-0.15, -0.1) is 0 Å². The quantitative estimate of drug-likeness (QED) is 0.504. The minimum atomic E-state index is 0.790. The zero-order chi connectivity index (χ0) is 7.84. The highest BCUT2D eigenvalue weighted by Crippen LogP contribution is 2.35. The van der Waals surface area contributed by atoms with Crippen LogP contribution in [0.2, 0.25) is 0 Å². The molecule has 0 radical (unpaired) electrons. The van der Waals surface area contributed by atoms with Gasteiger partial charge in [-0.05, 0) is 24.7 Å². The minimum absolute atomic E-state index is 0.790. The Balaban J connectivity index is 2.16. The van der Waals surface area contributed by atoms with Crippen LogP contribution in [0, 0.1) is 17.8 Å². The van der Waals surface area contributed by atoms with E-state index in [2.05, 4.69) is 18.8 Å². The number of hydrogen-bond donors (Lipinski definition) is 0. The molecule has 0 saturated heterocycles. The molecule has 0 N–H and O–H groups in total. The average Bonchev–Trinajstić information content (AvgIpc) is 2.35. The van der Waals surface area contributed by atoms with Crippen LogP contribution in [0.3, 0.4) is 0 Å². The molecular formula is C10H17N. The Morgan fingerprint density at radius 2 is 2.09 bits per heavy atom. The summed E-state index contributed by atoms with van der Waals surface area (Å²) >= 11 is 0. The van der Waals surface area contributed by atoms with Crippen LogP contribution in [0.5, 0.6) is 0 Å². The molecule has 2 rings (SSSR count). The second kappa shape index (κ2) is 2.62. The van der Waals surface area contributed by atoms with Gasteiger partial charge in [0, 0.05) is 18.2 Å². The predicted molar refractivity (Wildman–Crippen MR) is 48.0 cm³/mol. The number of rotatable bonds is 0. The molecule has 3 atom stereocenters. The normalized spacial score (nSPS) is 43.5. The van der Waals surface area contributed by atoms with Gasteiger partial charge in [-0.1, -0.05) is 20.3 Å². The lowest BCUT2D eigenvalue weighted by Crippen LogP contribution is -2.26. The third-order valence-corrected chi connectivity index (χ3v) is 3.29. The van der Waals surface area contributed by atoms with Gasteiger partial charge in [0.15, 0.2) is 0 Å². The summed E-state index contributed by atoms with van der Waals surface area (Å²) in [7, 11) is 0. The smallest absolute Gasteiger partial charge is 0.0420 e. The van der Waals surface area contributed by atoms with E-state index >= 15 is 0 Å². The highest BCUT2D eigenvalue weighted by molar-refractivity contribution is 5.91. The SMILES string of the molecule is CC1CCCC2C1=NCC2C. The Morgan fingerprint density at radius 3 is 2.82 bits per heavy atom. The molecule has 3 unspecified atom stereocenters.